The molecule has 2 N–H and O–H groups in total. The Kier molecular flexibility index (Phi) is 6.88. The fourth-order valence-electron chi connectivity index (χ4n) is 1.33. The summed E-state index contributed by atoms with van der Waals surface area (Å²) in [5, 5.41) is 12.8. The summed E-state index contributed by atoms with van der Waals surface area (Å²) in [5.74, 6) is 0.942. The Balaban J connectivity index is 2.64. The first-order valence-electron chi connectivity index (χ1n) is 5.50. The van der Waals surface area contributed by atoms with Gasteiger partial charge in [-0.3, -0.25) is 0 Å². The van der Waals surface area contributed by atoms with Crippen LogP contribution in [0.25, 0.3) is 0 Å². The molecule has 0 radical (unpaired) electrons. The lowest BCUT2D eigenvalue weighted by molar-refractivity contribution is 0.296. The van der Waals surface area contributed by atoms with Gasteiger partial charge in [0.15, 0.2) is 0 Å². The molecule has 0 saturated heterocycles. The summed E-state index contributed by atoms with van der Waals surface area (Å²) in [7, 11) is 0. The molecule has 0 fully saturated rings. The molecule has 0 aliphatic carbocycles. The monoisotopic (exact) mass is 259 g/mol. The molecule has 2 nitrogen and oxygen atoms in total. The van der Waals surface area contributed by atoms with E-state index in [9.17, 15) is 0 Å². The molecule has 0 unspecified atom stereocenters. The van der Waals surface area contributed by atoms with Crippen molar-refractivity contribution >= 4 is 23.4 Å². The Morgan fingerprint density at radius 1 is 1.44 bits per heavy atom. The Hall–Kier alpha value is -0.220. The quantitative estimate of drug-likeness (QED) is 0.583. The maximum absolute atomic E-state index is 8.75. The minimum atomic E-state index is 0.253. The van der Waals surface area contributed by atoms with Gasteiger partial charge in [-0.2, -0.15) is 0 Å². The van der Waals surface area contributed by atoms with Gasteiger partial charge < -0.3 is 10.4 Å². The number of aliphatic hydroxyl groups excluding tert-OH is 1. The van der Waals surface area contributed by atoms with Crippen molar-refractivity contribution in [2.24, 2.45) is 0 Å². The molecule has 90 valence electrons. The van der Waals surface area contributed by atoms with Crippen LogP contribution in [0.2, 0.25) is 5.02 Å². The van der Waals surface area contributed by atoms with Crippen LogP contribution >= 0.6 is 23.4 Å². The summed E-state index contributed by atoms with van der Waals surface area (Å²) >= 11 is 7.75. The highest BCUT2D eigenvalue weighted by atomic mass is 35.5. The van der Waals surface area contributed by atoms with Gasteiger partial charge in [0.1, 0.15) is 0 Å². The number of benzene rings is 1. The largest absolute Gasteiger partial charge is 0.396 e. The predicted octanol–water partition coefficient (Wildman–Crippen LogP) is 2.92. The smallest absolute Gasteiger partial charge is 0.0439 e. The van der Waals surface area contributed by atoms with E-state index in [1.54, 1.807) is 11.8 Å². The van der Waals surface area contributed by atoms with Crippen LogP contribution < -0.4 is 5.32 Å². The number of halogens is 1. The molecule has 0 spiro atoms. The molecular weight excluding hydrogens is 242 g/mol. The molecule has 0 atom stereocenters. The summed E-state index contributed by atoms with van der Waals surface area (Å²) in [6.07, 6.45) is 0.827. The lowest BCUT2D eigenvalue weighted by Gasteiger charge is -2.09. The van der Waals surface area contributed by atoms with Gasteiger partial charge in [-0.15, -0.1) is 11.8 Å². The Bertz CT molecular complexity index is 320. The molecular formula is C12H18ClNOS. The van der Waals surface area contributed by atoms with Crippen LogP contribution in [-0.4, -0.2) is 24.0 Å². The molecule has 16 heavy (non-hydrogen) atoms. The highest BCUT2D eigenvalue weighted by molar-refractivity contribution is 7.99. The third-order valence-electron chi connectivity index (χ3n) is 2.15. The molecule has 1 aromatic carbocycles. The summed E-state index contributed by atoms with van der Waals surface area (Å²) in [4.78, 5) is 1.25. The Morgan fingerprint density at radius 2 is 2.25 bits per heavy atom. The third-order valence-corrected chi connectivity index (χ3v) is 3.59. The first kappa shape index (κ1) is 13.8. The van der Waals surface area contributed by atoms with Crippen LogP contribution in [0.15, 0.2) is 23.1 Å². The first-order chi connectivity index (χ1) is 7.77. The minimum Gasteiger partial charge on any atom is -0.396 e. The van der Waals surface area contributed by atoms with E-state index in [0.717, 1.165) is 30.3 Å². The molecule has 0 bridgehead atoms. The van der Waals surface area contributed by atoms with Crippen LogP contribution in [-0.2, 0) is 6.54 Å². The zero-order valence-electron chi connectivity index (χ0n) is 9.50. The zero-order valence-corrected chi connectivity index (χ0v) is 11.1. The molecule has 0 aromatic heterocycles. The van der Waals surface area contributed by atoms with Crippen molar-refractivity contribution in [3.05, 3.63) is 28.8 Å². The van der Waals surface area contributed by atoms with Crippen LogP contribution in [0.5, 0.6) is 0 Å². The zero-order chi connectivity index (χ0) is 11.8. The van der Waals surface area contributed by atoms with E-state index in [1.165, 1.54) is 10.5 Å². The van der Waals surface area contributed by atoms with E-state index in [2.05, 4.69) is 18.3 Å². The highest BCUT2D eigenvalue weighted by Gasteiger charge is 2.03. The molecule has 0 aliphatic heterocycles. The average Bonchev–Trinajstić information content (AvgIpc) is 2.29. The fraction of sp³-hybridized carbons (Fsp3) is 0.500. The molecule has 1 aromatic rings. The van der Waals surface area contributed by atoms with Gasteiger partial charge in [0.05, 0.1) is 0 Å². The summed E-state index contributed by atoms with van der Waals surface area (Å²) in [5.41, 5.74) is 1.23. The van der Waals surface area contributed by atoms with E-state index in [-0.39, 0.29) is 6.61 Å². The maximum atomic E-state index is 8.75. The van der Waals surface area contributed by atoms with E-state index >= 15 is 0 Å². The number of rotatable bonds is 7. The van der Waals surface area contributed by atoms with Gasteiger partial charge in [0, 0.05) is 28.8 Å². The fourth-order valence-corrected chi connectivity index (χ4v) is 2.50. The van der Waals surface area contributed by atoms with Crippen molar-refractivity contribution in [2.75, 3.05) is 18.9 Å². The normalized spacial score (nSPS) is 10.7. The highest BCUT2D eigenvalue weighted by Crippen LogP contribution is 2.26. The number of thioether (sulfide) groups is 1. The van der Waals surface area contributed by atoms with Gasteiger partial charge in [-0.05, 0) is 36.7 Å². The average molecular weight is 260 g/mol. The van der Waals surface area contributed by atoms with Gasteiger partial charge in [0.25, 0.3) is 0 Å². The van der Waals surface area contributed by atoms with Gasteiger partial charge in [0.2, 0.25) is 0 Å². The van der Waals surface area contributed by atoms with Crippen molar-refractivity contribution in [3.8, 4) is 0 Å². The van der Waals surface area contributed by atoms with Crippen LogP contribution in [0.3, 0.4) is 0 Å². The molecule has 4 heteroatoms. The second-order valence-electron chi connectivity index (χ2n) is 3.46. The maximum Gasteiger partial charge on any atom is 0.0439 e. The van der Waals surface area contributed by atoms with Gasteiger partial charge in [-0.25, -0.2) is 0 Å². The second kappa shape index (κ2) is 7.96. The Morgan fingerprint density at radius 3 is 2.94 bits per heavy atom. The van der Waals surface area contributed by atoms with Crippen molar-refractivity contribution in [3.63, 3.8) is 0 Å². The van der Waals surface area contributed by atoms with E-state index in [4.69, 9.17) is 16.7 Å². The molecule has 0 saturated carbocycles. The second-order valence-corrected chi connectivity index (χ2v) is 5.03. The number of hydrogen-bond donors (Lipinski definition) is 2. The summed E-state index contributed by atoms with van der Waals surface area (Å²) in [6.45, 7) is 4.14. The van der Waals surface area contributed by atoms with Crippen LogP contribution in [0, 0.1) is 0 Å². The Labute approximate surface area is 106 Å². The molecule has 0 heterocycles. The molecule has 0 aliphatic rings. The van der Waals surface area contributed by atoms with E-state index in [1.807, 2.05) is 12.1 Å². The molecule has 0 amide bonds. The van der Waals surface area contributed by atoms with Crippen molar-refractivity contribution in [1.82, 2.24) is 5.32 Å². The number of nitrogens with one attached hydrogen (secondary N) is 1. The van der Waals surface area contributed by atoms with Crippen molar-refractivity contribution in [2.45, 2.75) is 24.8 Å². The van der Waals surface area contributed by atoms with Gasteiger partial charge in [-0.1, -0.05) is 18.5 Å². The SMILES string of the molecule is CCNCc1cc(Cl)ccc1SCCCO. The van der Waals surface area contributed by atoms with E-state index in [0.29, 0.717) is 0 Å². The topological polar surface area (TPSA) is 32.3 Å². The summed E-state index contributed by atoms with van der Waals surface area (Å²) < 4.78 is 0. The lowest BCUT2D eigenvalue weighted by atomic mass is 10.2. The number of aliphatic hydroxyl groups is 1. The standard InChI is InChI=1S/C12H18ClNOS/c1-2-14-9-10-8-11(13)4-5-12(10)16-7-3-6-15/h4-5,8,14-15H,2-3,6-7,9H2,1H3. The third kappa shape index (κ3) is 4.74. The van der Waals surface area contributed by atoms with Crippen molar-refractivity contribution in [1.29, 1.82) is 0 Å². The summed E-state index contributed by atoms with van der Waals surface area (Å²) in [6, 6.07) is 5.97. The van der Waals surface area contributed by atoms with E-state index < -0.39 is 0 Å². The predicted molar refractivity (Wildman–Crippen MR) is 71.3 cm³/mol. The minimum absolute atomic E-state index is 0.253. The van der Waals surface area contributed by atoms with Crippen molar-refractivity contribution < 1.29 is 5.11 Å². The first-order valence-corrected chi connectivity index (χ1v) is 6.87. The van der Waals surface area contributed by atoms with Gasteiger partial charge >= 0.3 is 0 Å². The number of hydrogen-bond acceptors (Lipinski definition) is 3. The molecule has 1 rings (SSSR count). The lowest BCUT2D eigenvalue weighted by Crippen LogP contribution is -2.12. The van der Waals surface area contributed by atoms with Crippen LogP contribution in [0.1, 0.15) is 18.9 Å². The van der Waals surface area contributed by atoms with Crippen LogP contribution in [0.4, 0.5) is 0 Å².